The van der Waals surface area contributed by atoms with Crippen LogP contribution in [0.3, 0.4) is 0 Å². The van der Waals surface area contributed by atoms with Gasteiger partial charge in [-0.1, -0.05) is 30.3 Å². The molecule has 2 saturated heterocycles. The van der Waals surface area contributed by atoms with Gasteiger partial charge in [-0.15, -0.1) is 11.8 Å². The normalized spacial score (nSPS) is 24.9. The van der Waals surface area contributed by atoms with Crippen LogP contribution in [-0.2, 0) is 11.3 Å². The van der Waals surface area contributed by atoms with Crippen molar-refractivity contribution < 1.29 is 4.79 Å². The fourth-order valence-corrected chi connectivity index (χ4v) is 3.90. The summed E-state index contributed by atoms with van der Waals surface area (Å²) in [6, 6.07) is 10.4. The Kier molecular flexibility index (Phi) is 6.29. The summed E-state index contributed by atoms with van der Waals surface area (Å²) in [5, 5.41) is 3.46. The number of carbonyl (C=O) groups excluding carboxylic acids is 1. The fourth-order valence-electron chi connectivity index (χ4n) is 3.05. The molecule has 0 radical (unpaired) electrons. The van der Waals surface area contributed by atoms with Gasteiger partial charge in [0.15, 0.2) is 0 Å². The van der Waals surface area contributed by atoms with Crippen LogP contribution in [0.25, 0.3) is 0 Å². The van der Waals surface area contributed by atoms with Crippen LogP contribution in [0.2, 0.25) is 0 Å². The topological polar surface area (TPSA) is 68.4 Å². The van der Waals surface area contributed by atoms with Crippen molar-refractivity contribution in [2.24, 2.45) is 0 Å². The molecule has 0 spiro atoms. The number of rotatable bonds is 7. The van der Waals surface area contributed by atoms with E-state index in [0.717, 1.165) is 44.8 Å². The van der Waals surface area contributed by atoms with Crippen molar-refractivity contribution in [3.05, 3.63) is 35.9 Å². The van der Waals surface area contributed by atoms with E-state index in [0.29, 0.717) is 5.37 Å². The molecule has 2 fully saturated rings. The van der Waals surface area contributed by atoms with Crippen molar-refractivity contribution in [2.45, 2.75) is 30.8 Å². The third-order valence-electron chi connectivity index (χ3n) is 4.22. The lowest BCUT2D eigenvalue weighted by atomic mass is 10.1. The molecular weight excluding hydrogens is 310 g/mol. The Balaban J connectivity index is 1.40. The highest BCUT2D eigenvalue weighted by Crippen LogP contribution is 2.20. The molecule has 1 amide bonds. The zero-order valence-corrected chi connectivity index (χ0v) is 14.1. The summed E-state index contributed by atoms with van der Waals surface area (Å²) in [5.74, 6) is 1.09. The van der Waals surface area contributed by atoms with E-state index in [9.17, 15) is 4.79 Å². The molecule has 0 saturated carbocycles. The van der Waals surface area contributed by atoms with Gasteiger partial charge in [0.05, 0.1) is 11.4 Å². The monoisotopic (exact) mass is 335 g/mol. The van der Waals surface area contributed by atoms with Crippen LogP contribution in [-0.4, -0.2) is 47.6 Å². The predicted molar refractivity (Wildman–Crippen MR) is 93.4 cm³/mol. The number of likely N-dealkylation sites (tertiary alicyclic amines) is 1. The van der Waals surface area contributed by atoms with E-state index in [2.05, 4.69) is 50.9 Å². The first-order valence-electron chi connectivity index (χ1n) is 8.23. The van der Waals surface area contributed by atoms with Gasteiger partial charge in [-0.05, 0) is 24.9 Å². The molecule has 6 nitrogen and oxygen atoms in total. The summed E-state index contributed by atoms with van der Waals surface area (Å²) in [4.78, 5) is 14.7. The minimum absolute atomic E-state index is 0.0214. The minimum atomic E-state index is 0.0214. The van der Waals surface area contributed by atoms with Gasteiger partial charge >= 0.3 is 0 Å². The Bertz CT molecular complexity index is 495. The molecule has 2 aliphatic rings. The molecule has 126 valence electrons. The summed E-state index contributed by atoms with van der Waals surface area (Å²) in [6.45, 7) is 3.48. The molecule has 2 heterocycles. The van der Waals surface area contributed by atoms with Crippen LogP contribution >= 0.6 is 11.8 Å². The molecule has 23 heavy (non-hydrogen) atoms. The molecule has 2 aliphatic heterocycles. The van der Waals surface area contributed by atoms with Crippen molar-refractivity contribution in [1.82, 2.24) is 26.6 Å². The van der Waals surface area contributed by atoms with Gasteiger partial charge in [0.2, 0.25) is 5.91 Å². The Hall–Kier alpha value is -1.12. The van der Waals surface area contributed by atoms with E-state index in [4.69, 9.17) is 0 Å². The summed E-state index contributed by atoms with van der Waals surface area (Å²) in [5.41, 5.74) is 10.3. The highest BCUT2D eigenvalue weighted by atomic mass is 32.2. The number of hydrogen-bond acceptors (Lipinski definition) is 6. The Labute approximate surface area is 141 Å². The van der Waals surface area contributed by atoms with Crippen LogP contribution in [0.1, 0.15) is 18.4 Å². The number of nitrogens with one attached hydrogen (secondary N) is 4. The highest BCUT2D eigenvalue weighted by Gasteiger charge is 2.30. The Morgan fingerprint density at radius 2 is 2.22 bits per heavy atom. The maximum atomic E-state index is 12.4. The molecule has 0 aromatic heterocycles. The first kappa shape index (κ1) is 16.7. The van der Waals surface area contributed by atoms with Crippen LogP contribution in [0.15, 0.2) is 30.3 Å². The van der Waals surface area contributed by atoms with Crippen LogP contribution < -0.4 is 21.7 Å². The van der Waals surface area contributed by atoms with Crippen LogP contribution in [0.4, 0.5) is 0 Å². The van der Waals surface area contributed by atoms with Gasteiger partial charge in [0.25, 0.3) is 0 Å². The lowest BCUT2D eigenvalue weighted by Crippen LogP contribution is -2.43. The van der Waals surface area contributed by atoms with E-state index in [1.165, 1.54) is 5.56 Å². The second-order valence-electron chi connectivity index (χ2n) is 5.91. The van der Waals surface area contributed by atoms with Crippen molar-refractivity contribution in [1.29, 1.82) is 0 Å². The number of nitrogens with zero attached hydrogens (tertiary/aromatic N) is 1. The maximum absolute atomic E-state index is 12.4. The van der Waals surface area contributed by atoms with Gasteiger partial charge in [-0.2, -0.15) is 5.53 Å². The summed E-state index contributed by atoms with van der Waals surface area (Å²) >= 11 is 1.81. The molecule has 0 aliphatic carbocycles. The summed E-state index contributed by atoms with van der Waals surface area (Å²) < 4.78 is 0. The maximum Gasteiger partial charge on any atom is 0.237 e. The number of benzene rings is 1. The second-order valence-corrected chi connectivity index (χ2v) is 7.23. The first-order chi connectivity index (χ1) is 11.3. The molecule has 1 aromatic carbocycles. The van der Waals surface area contributed by atoms with Crippen LogP contribution in [0.5, 0.6) is 0 Å². The highest BCUT2D eigenvalue weighted by molar-refractivity contribution is 7.99. The van der Waals surface area contributed by atoms with Gasteiger partial charge in [-0.25, -0.2) is 10.9 Å². The van der Waals surface area contributed by atoms with E-state index in [1.807, 2.05) is 17.8 Å². The van der Waals surface area contributed by atoms with Gasteiger partial charge in [-0.3, -0.25) is 9.69 Å². The molecule has 2 atom stereocenters. The Morgan fingerprint density at radius 1 is 1.35 bits per heavy atom. The average molecular weight is 335 g/mol. The zero-order chi connectivity index (χ0) is 15.9. The number of hydrogen-bond donors (Lipinski definition) is 4. The first-order valence-corrected chi connectivity index (χ1v) is 9.28. The molecule has 4 N–H and O–H groups in total. The lowest BCUT2D eigenvalue weighted by Gasteiger charge is -2.23. The molecule has 0 bridgehead atoms. The van der Waals surface area contributed by atoms with Gasteiger partial charge in [0, 0.05) is 25.4 Å². The van der Waals surface area contributed by atoms with Gasteiger partial charge < -0.3 is 5.32 Å². The van der Waals surface area contributed by atoms with Crippen molar-refractivity contribution >= 4 is 17.7 Å². The van der Waals surface area contributed by atoms with Crippen molar-refractivity contribution in [3.63, 3.8) is 0 Å². The smallest absolute Gasteiger partial charge is 0.237 e. The summed E-state index contributed by atoms with van der Waals surface area (Å²) in [6.07, 6.45) is 2.06. The van der Waals surface area contributed by atoms with E-state index >= 15 is 0 Å². The molecule has 1 aromatic rings. The van der Waals surface area contributed by atoms with E-state index in [1.54, 1.807) is 0 Å². The second kappa shape index (κ2) is 8.65. The molecule has 3 rings (SSSR count). The number of hydrazine groups is 2. The summed E-state index contributed by atoms with van der Waals surface area (Å²) in [7, 11) is 0. The third kappa shape index (κ3) is 4.92. The Morgan fingerprint density at radius 3 is 3.00 bits per heavy atom. The van der Waals surface area contributed by atoms with Crippen molar-refractivity contribution in [3.8, 4) is 0 Å². The van der Waals surface area contributed by atoms with Crippen LogP contribution in [0, 0.1) is 0 Å². The predicted octanol–water partition coefficient (Wildman–Crippen LogP) is 0.439. The number of carbonyl (C=O) groups is 1. The molecular formula is C16H25N5OS. The molecule has 1 unspecified atom stereocenters. The van der Waals surface area contributed by atoms with Crippen molar-refractivity contribution in [2.75, 3.05) is 25.4 Å². The fraction of sp³-hybridized carbons (Fsp3) is 0.562. The quantitative estimate of drug-likeness (QED) is 0.542. The standard InChI is InChI=1S/C16H25N5OS/c22-16(17-8-10-23-15-11-18-20-19-15)14-7-4-9-21(14)12-13-5-2-1-3-6-13/h1-3,5-6,14-15,18-20H,4,7-12H2,(H,17,22)/t14-,15?/m0/s1. The SMILES string of the molecule is O=C(NCCSC1CNNN1)[C@@H]1CCCN1Cc1ccccc1. The number of thioether (sulfide) groups is 1. The lowest BCUT2D eigenvalue weighted by molar-refractivity contribution is -0.125. The van der Waals surface area contributed by atoms with Gasteiger partial charge in [0.1, 0.15) is 0 Å². The largest absolute Gasteiger partial charge is 0.354 e. The zero-order valence-electron chi connectivity index (χ0n) is 13.3. The third-order valence-corrected chi connectivity index (χ3v) is 5.35. The van der Waals surface area contributed by atoms with E-state index < -0.39 is 0 Å². The minimum Gasteiger partial charge on any atom is -0.354 e. The molecule has 7 heteroatoms. The number of amides is 1. The van der Waals surface area contributed by atoms with E-state index in [-0.39, 0.29) is 11.9 Å². The average Bonchev–Trinajstić information content (AvgIpc) is 3.24.